The number of benzene rings is 1. The molecule has 0 saturated carbocycles. The van der Waals surface area contributed by atoms with E-state index in [1.54, 1.807) is 0 Å². The molecule has 1 aromatic rings. The molecule has 0 saturated heterocycles. The standard InChI is InChI=1S/C12H13N/c1-2-5-11(6-3-1)9-12-7-4-8-13-10-12/h1-3,5-6,9-10H,4,7-8H2/b12-9-. The first kappa shape index (κ1) is 8.24. The van der Waals surface area contributed by atoms with Gasteiger partial charge in [0.2, 0.25) is 0 Å². The van der Waals surface area contributed by atoms with Gasteiger partial charge in [0.05, 0.1) is 0 Å². The predicted molar refractivity (Wildman–Crippen MR) is 57.0 cm³/mol. The van der Waals surface area contributed by atoms with Crippen molar-refractivity contribution in [1.82, 2.24) is 0 Å². The lowest BCUT2D eigenvalue weighted by atomic mass is 10.1. The van der Waals surface area contributed by atoms with E-state index < -0.39 is 0 Å². The third-order valence-electron chi connectivity index (χ3n) is 2.16. The highest BCUT2D eigenvalue weighted by Gasteiger charge is 1.99. The zero-order valence-corrected chi connectivity index (χ0v) is 7.61. The molecule has 0 aliphatic carbocycles. The summed E-state index contributed by atoms with van der Waals surface area (Å²) in [6, 6.07) is 10.4. The van der Waals surface area contributed by atoms with Crippen LogP contribution in [-0.4, -0.2) is 12.8 Å². The Morgan fingerprint density at radius 3 is 2.69 bits per heavy atom. The lowest BCUT2D eigenvalue weighted by Gasteiger charge is -2.05. The summed E-state index contributed by atoms with van der Waals surface area (Å²) in [6.07, 6.45) is 6.56. The molecular weight excluding hydrogens is 158 g/mol. The van der Waals surface area contributed by atoms with Gasteiger partial charge in [-0.2, -0.15) is 0 Å². The van der Waals surface area contributed by atoms with Crippen molar-refractivity contribution in [3.05, 3.63) is 41.5 Å². The molecule has 0 fully saturated rings. The Balaban J connectivity index is 2.20. The summed E-state index contributed by atoms with van der Waals surface area (Å²) in [7, 11) is 0. The normalized spacial score (nSPS) is 19.2. The molecule has 0 unspecified atom stereocenters. The monoisotopic (exact) mass is 171 g/mol. The molecule has 66 valence electrons. The van der Waals surface area contributed by atoms with E-state index in [-0.39, 0.29) is 0 Å². The summed E-state index contributed by atoms with van der Waals surface area (Å²) < 4.78 is 0. The molecule has 1 aliphatic heterocycles. The van der Waals surface area contributed by atoms with Gasteiger partial charge in [-0.05, 0) is 24.0 Å². The smallest absolute Gasteiger partial charge is 0.0392 e. The Morgan fingerprint density at radius 1 is 1.15 bits per heavy atom. The number of allylic oxidation sites excluding steroid dienone is 1. The van der Waals surface area contributed by atoms with Gasteiger partial charge >= 0.3 is 0 Å². The van der Waals surface area contributed by atoms with Crippen LogP contribution >= 0.6 is 0 Å². The van der Waals surface area contributed by atoms with Crippen LogP contribution in [0.25, 0.3) is 6.08 Å². The fourth-order valence-electron chi connectivity index (χ4n) is 1.49. The topological polar surface area (TPSA) is 12.4 Å². The molecule has 0 N–H and O–H groups in total. The lowest BCUT2D eigenvalue weighted by molar-refractivity contribution is 0.826. The Morgan fingerprint density at radius 2 is 2.00 bits per heavy atom. The highest BCUT2D eigenvalue weighted by atomic mass is 14.7. The largest absolute Gasteiger partial charge is 0.293 e. The van der Waals surface area contributed by atoms with Crippen molar-refractivity contribution in [2.45, 2.75) is 12.8 Å². The summed E-state index contributed by atoms with van der Waals surface area (Å²) in [5.41, 5.74) is 2.61. The van der Waals surface area contributed by atoms with E-state index in [2.05, 4.69) is 35.3 Å². The maximum atomic E-state index is 4.26. The zero-order valence-electron chi connectivity index (χ0n) is 7.61. The van der Waals surface area contributed by atoms with E-state index >= 15 is 0 Å². The van der Waals surface area contributed by atoms with E-state index in [1.807, 2.05) is 12.3 Å². The molecule has 1 aliphatic rings. The molecule has 0 atom stereocenters. The quantitative estimate of drug-likeness (QED) is 0.616. The van der Waals surface area contributed by atoms with E-state index in [9.17, 15) is 0 Å². The number of hydrogen-bond acceptors (Lipinski definition) is 1. The van der Waals surface area contributed by atoms with Gasteiger partial charge in [0.25, 0.3) is 0 Å². The van der Waals surface area contributed by atoms with Crippen LogP contribution in [0.2, 0.25) is 0 Å². The first-order valence-electron chi connectivity index (χ1n) is 4.70. The molecule has 1 heteroatoms. The minimum Gasteiger partial charge on any atom is -0.293 e. The number of nitrogens with zero attached hydrogens (tertiary/aromatic N) is 1. The molecule has 0 bridgehead atoms. The Kier molecular flexibility index (Phi) is 2.56. The van der Waals surface area contributed by atoms with Crippen LogP contribution in [0.1, 0.15) is 18.4 Å². The first-order chi connectivity index (χ1) is 6.45. The first-order valence-corrected chi connectivity index (χ1v) is 4.70. The van der Waals surface area contributed by atoms with Gasteiger partial charge in [0.15, 0.2) is 0 Å². The van der Waals surface area contributed by atoms with Crippen LogP contribution in [0.3, 0.4) is 0 Å². The van der Waals surface area contributed by atoms with Crippen molar-refractivity contribution in [3.63, 3.8) is 0 Å². The molecule has 1 nitrogen and oxygen atoms in total. The van der Waals surface area contributed by atoms with Crippen LogP contribution in [0.15, 0.2) is 40.9 Å². The van der Waals surface area contributed by atoms with Crippen molar-refractivity contribution >= 4 is 12.3 Å². The van der Waals surface area contributed by atoms with Gasteiger partial charge in [-0.1, -0.05) is 36.4 Å². The molecular formula is C12H13N. The van der Waals surface area contributed by atoms with Gasteiger partial charge in [0.1, 0.15) is 0 Å². The van der Waals surface area contributed by atoms with E-state index in [1.165, 1.54) is 24.0 Å². The van der Waals surface area contributed by atoms with E-state index in [4.69, 9.17) is 0 Å². The fourth-order valence-corrected chi connectivity index (χ4v) is 1.49. The SMILES string of the molecule is C1=NCCC/C1=C/c1ccccc1. The predicted octanol–water partition coefficient (Wildman–Crippen LogP) is 2.93. The van der Waals surface area contributed by atoms with Crippen molar-refractivity contribution < 1.29 is 0 Å². The van der Waals surface area contributed by atoms with Crippen molar-refractivity contribution in [2.24, 2.45) is 4.99 Å². The Labute approximate surface area is 78.8 Å². The lowest BCUT2D eigenvalue weighted by Crippen LogP contribution is -1.96. The average Bonchev–Trinajstić information content (AvgIpc) is 2.21. The Bertz CT molecular complexity index is 322. The molecule has 0 amide bonds. The van der Waals surface area contributed by atoms with E-state index in [0.717, 1.165) is 6.54 Å². The van der Waals surface area contributed by atoms with Crippen LogP contribution in [0.4, 0.5) is 0 Å². The van der Waals surface area contributed by atoms with Gasteiger partial charge in [-0.3, -0.25) is 4.99 Å². The average molecular weight is 171 g/mol. The maximum Gasteiger partial charge on any atom is 0.0392 e. The van der Waals surface area contributed by atoms with Gasteiger partial charge in [-0.25, -0.2) is 0 Å². The fraction of sp³-hybridized carbons (Fsp3) is 0.250. The second-order valence-electron chi connectivity index (χ2n) is 3.27. The second-order valence-corrected chi connectivity index (χ2v) is 3.27. The van der Waals surface area contributed by atoms with Gasteiger partial charge in [-0.15, -0.1) is 0 Å². The van der Waals surface area contributed by atoms with Gasteiger partial charge in [0, 0.05) is 12.8 Å². The van der Waals surface area contributed by atoms with Crippen LogP contribution in [-0.2, 0) is 0 Å². The molecule has 1 heterocycles. The number of rotatable bonds is 1. The number of aliphatic imine (C=N–C) groups is 1. The minimum absolute atomic E-state index is 0.992. The summed E-state index contributed by atoms with van der Waals surface area (Å²) in [4.78, 5) is 4.26. The van der Waals surface area contributed by atoms with Crippen molar-refractivity contribution in [1.29, 1.82) is 0 Å². The summed E-state index contributed by atoms with van der Waals surface area (Å²) >= 11 is 0. The third-order valence-corrected chi connectivity index (χ3v) is 2.16. The summed E-state index contributed by atoms with van der Waals surface area (Å²) in [5, 5.41) is 0. The molecule has 0 radical (unpaired) electrons. The van der Waals surface area contributed by atoms with E-state index in [0.29, 0.717) is 0 Å². The molecule has 0 spiro atoms. The summed E-state index contributed by atoms with van der Waals surface area (Å²) in [5.74, 6) is 0. The third kappa shape index (κ3) is 2.28. The Hall–Kier alpha value is -1.37. The molecule has 0 aromatic heterocycles. The highest BCUT2D eigenvalue weighted by molar-refractivity contribution is 5.86. The zero-order chi connectivity index (χ0) is 8.93. The second kappa shape index (κ2) is 4.04. The molecule has 2 rings (SSSR count). The van der Waals surface area contributed by atoms with Crippen LogP contribution in [0, 0.1) is 0 Å². The van der Waals surface area contributed by atoms with Crippen molar-refractivity contribution in [3.8, 4) is 0 Å². The van der Waals surface area contributed by atoms with Gasteiger partial charge < -0.3 is 0 Å². The number of hydrogen-bond donors (Lipinski definition) is 0. The van der Waals surface area contributed by atoms with Crippen molar-refractivity contribution in [2.75, 3.05) is 6.54 Å². The molecule has 1 aromatic carbocycles. The highest BCUT2D eigenvalue weighted by Crippen LogP contribution is 2.12. The van der Waals surface area contributed by atoms with Crippen LogP contribution in [0.5, 0.6) is 0 Å². The molecule has 13 heavy (non-hydrogen) atoms. The maximum absolute atomic E-state index is 4.26. The van der Waals surface area contributed by atoms with Crippen LogP contribution < -0.4 is 0 Å². The minimum atomic E-state index is 0.992. The summed E-state index contributed by atoms with van der Waals surface area (Å²) in [6.45, 7) is 0.992.